The lowest BCUT2D eigenvalue weighted by Crippen LogP contribution is -2.22. The lowest BCUT2D eigenvalue weighted by molar-refractivity contribution is 0.103. The molecule has 0 aliphatic rings. The normalized spacial score (nSPS) is 12.5. The summed E-state index contributed by atoms with van der Waals surface area (Å²) in [6, 6.07) is 5.37. The lowest BCUT2D eigenvalue weighted by Gasteiger charge is -2.12. The maximum Gasteiger partial charge on any atom is 0.226 e. The molecule has 0 amide bonds. The molecule has 8 heteroatoms. The van der Waals surface area contributed by atoms with Crippen molar-refractivity contribution in [3.63, 3.8) is 0 Å². The second-order valence-corrected chi connectivity index (χ2v) is 6.37. The van der Waals surface area contributed by atoms with Gasteiger partial charge < -0.3 is 15.5 Å². The third kappa shape index (κ3) is 3.00. The molecule has 0 bridgehead atoms. The van der Waals surface area contributed by atoms with Gasteiger partial charge in [0.25, 0.3) is 0 Å². The first-order valence-corrected chi connectivity index (χ1v) is 8.34. The number of rotatable bonds is 6. The number of carbonyl (C=O) groups is 1. The van der Waals surface area contributed by atoms with Crippen LogP contribution in [0.2, 0.25) is 0 Å². The molecule has 0 radical (unpaired) electrons. The number of aromatic nitrogens is 2. The number of thiophene rings is 2. The van der Waals surface area contributed by atoms with Crippen LogP contribution in [0, 0.1) is 0 Å². The molecule has 0 aliphatic heterocycles. The van der Waals surface area contributed by atoms with Crippen LogP contribution in [-0.4, -0.2) is 38.8 Å². The molecule has 3 heterocycles. The topological polar surface area (TPSA) is 95.3 Å². The van der Waals surface area contributed by atoms with Crippen LogP contribution in [0.4, 0.5) is 5.95 Å². The predicted octanol–water partition coefficient (Wildman–Crippen LogP) is 2.10. The number of anilines is 1. The smallest absolute Gasteiger partial charge is 0.226 e. The van der Waals surface area contributed by atoms with Gasteiger partial charge in [-0.25, -0.2) is 9.97 Å². The van der Waals surface area contributed by atoms with Gasteiger partial charge >= 0.3 is 0 Å². The van der Waals surface area contributed by atoms with Gasteiger partial charge in [-0.15, -0.1) is 22.7 Å². The lowest BCUT2D eigenvalue weighted by atomic mass is 10.2. The van der Waals surface area contributed by atoms with Crippen LogP contribution in [0.5, 0.6) is 0 Å². The number of carbonyl (C=O) groups excluding carboxylic acids is 1. The molecule has 3 rings (SSSR count). The van der Waals surface area contributed by atoms with E-state index in [1.165, 1.54) is 22.7 Å². The number of hydrogen-bond acceptors (Lipinski definition) is 8. The molecule has 6 nitrogen and oxygen atoms in total. The third-order valence-electron chi connectivity index (χ3n) is 2.96. The van der Waals surface area contributed by atoms with E-state index in [-0.39, 0.29) is 24.8 Å². The molecule has 0 saturated heterocycles. The van der Waals surface area contributed by atoms with E-state index < -0.39 is 6.23 Å². The van der Waals surface area contributed by atoms with E-state index in [4.69, 9.17) is 5.11 Å². The molecular weight excluding hydrogens is 322 g/mol. The average molecular weight is 335 g/mol. The van der Waals surface area contributed by atoms with E-state index in [0.29, 0.717) is 16.1 Å². The van der Waals surface area contributed by atoms with Gasteiger partial charge in [-0.05, 0) is 22.9 Å². The highest BCUT2D eigenvalue weighted by atomic mass is 32.1. The van der Waals surface area contributed by atoms with Crippen molar-refractivity contribution < 1.29 is 15.0 Å². The van der Waals surface area contributed by atoms with E-state index >= 15 is 0 Å². The minimum atomic E-state index is -0.967. The summed E-state index contributed by atoms with van der Waals surface area (Å²) in [7, 11) is 0. The van der Waals surface area contributed by atoms with Crippen molar-refractivity contribution in [2.24, 2.45) is 0 Å². The first-order chi connectivity index (χ1) is 10.7. The minimum Gasteiger partial charge on any atom is -0.396 e. The van der Waals surface area contributed by atoms with Gasteiger partial charge in [-0.2, -0.15) is 0 Å². The Kier molecular flexibility index (Phi) is 4.44. The summed E-state index contributed by atoms with van der Waals surface area (Å²) in [5.74, 6) is 0.0105. The number of aliphatic hydroxyl groups is 2. The summed E-state index contributed by atoms with van der Waals surface area (Å²) in [5, 5.41) is 24.9. The van der Waals surface area contributed by atoms with Crippen LogP contribution in [0.15, 0.2) is 29.0 Å². The Morgan fingerprint density at radius 1 is 1.27 bits per heavy atom. The molecule has 22 heavy (non-hydrogen) atoms. The Hall–Kier alpha value is -1.87. The van der Waals surface area contributed by atoms with Crippen LogP contribution >= 0.6 is 22.7 Å². The molecule has 1 unspecified atom stereocenters. The van der Waals surface area contributed by atoms with Crippen molar-refractivity contribution in [3.05, 3.63) is 39.5 Å². The molecule has 114 valence electrons. The molecule has 0 aromatic carbocycles. The van der Waals surface area contributed by atoms with Crippen LogP contribution in [0.3, 0.4) is 0 Å². The van der Waals surface area contributed by atoms with Crippen molar-refractivity contribution in [1.82, 2.24) is 9.97 Å². The van der Waals surface area contributed by atoms with E-state index in [1.54, 1.807) is 12.1 Å². The van der Waals surface area contributed by atoms with Gasteiger partial charge in [0.1, 0.15) is 11.9 Å². The molecule has 0 spiro atoms. The zero-order valence-electron chi connectivity index (χ0n) is 11.4. The molecule has 3 aromatic heterocycles. The second-order valence-electron chi connectivity index (χ2n) is 4.51. The van der Waals surface area contributed by atoms with Crippen LogP contribution in [-0.2, 0) is 0 Å². The Balaban J connectivity index is 2.01. The SMILES string of the molecule is O=C(c1cccs1)c1nc(NC(O)CCO)nc2ccsc12. The summed E-state index contributed by atoms with van der Waals surface area (Å²) in [4.78, 5) is 21.7. The number of aliphatic hydroxyl groups excluding tert-OH is 2. The number of hydrogen-bond donors (Lipinski definition) is 3. The fourth-order valence-electron chi connectivity index (χ4n) is 1.95. The number of ketones is 1. The zero-order valence-corrected chi connectivity index (χ0v) is 13.0. The molecule has 3 aromatic rings. The second kappa shape index (κ2) is 6.49. The van der Waals surface area contributed by atoms with Crippen molar-refractivity contribution in [2.75, 3.05) is 11.9 Å². The maximum absolute atomic E-state index is 12.6. The minimum absolute atomic E-state index is 0.152. The van der Waals surface area contributed by atoms with Crippen LogP contribution < -0.4 is 5.32 Å². The number of nitrogens with one attached hydrogen (secondary N) is 1. The first kappa shape index (κ1) is 15.0. The first-order valence-electron chi connectivity index (χ1n) is 6.58. The van der Waals surface area contributed by atoms with Crippen LogP contribution in [0.1, 0.15) is 21.8 Å². The molecular formula is C14H13N3O3S2. The third-order valence-corrected chi connectivity index (χ3v) is 4.74. The van der Waals surface area contributed by atoms with Crippen LogP contribution in [0.25, 0.3) is 10.2 Å². The van der Waals surface area contributed by atoms with Crippen molar-refractivity contribution >= 4 is 44.6 Å². The maximum atomic E-state index is 12.6. The summed E-state index contributed by atoms with van der Waals surface area (Å²) < 4.78 is 0.723. The number of nitrogens with zero attached hydrogens (tertiary/aromatic N) is 2. The Labute approximate surface area is 134 Å². The number of fused-ring (bicyclic) bond motifs is 1. The van der Waals surface area contributed by atoms with E-state index in [1.807, 2.05) is 16.8 Å². The quantitative estimate of drug-likeness (QED) is 0.472. The van der Waals surface area contributed by atoms with Crippen molar-refractivity contribution in [2.45, 2.75) is 12.6 Å². The summed E-state index contributed by atoms with van der Waals surface area (Å²) >= 11 is 2.76. The van der Waals surface area contributed by atoms with Gasteiger partial charge in [-0.1, -0.05) is 6.07 Å². The fraction of sp³-hybridized carbons (Fsp3) is 0.214. The highest BCUT2D eigenvalue weighted by Gasteiger charge is 2.19. The van der Waals surface area contributed by atoms with Crippen molar-refractivity contribution in [3.8, 4) is 0 Å². The van der Waals surface area contributed by atoms with Gasteiger partial charge in [0.05, 0.1) is 15.1 Å². The molecule has 1 atom stereocenters. The predicted molar refractivity (Wildman–Crippen MR) is 86.5 cm³/mol. The standard InChI is InChI=1S/C14H13N3O3S2/c18-5-3-10(19)16-14-15-8-4-7-22-13(8)11(17-14)12(20)9-2-1-6-21-9/h1-2,4,6-7,10,18-19H,3,5H2,(H,15,16,17). The molecule has 3 N–H and O–H groups in total. The summed E-state index contributed by atoms with van der Waals surface area (Å²) in [6.45, 7) is -0.157. The summed E-state index contributed by atoms with van der Waals surface area (Å²) in [6.07, 6.45) is -0.815. The Morgan fingerprint density at radius 2 is 2.14 bits per heavy atom. The Morgan fingerprint density at radius 3 is 2.86 bits per heavy atom. The van der Waals surface area contributed by atoms with Gasteiger partial charge in [0, 0.05) is 13.0 Å². The fourth-order valence-corrected chi connectivity index (χ4v) is 3.43. The Bertz CT molecular complexity index is 786. The van der Waals surface area contributed by atoms with E-state index in [2.05, 4.69) is 15.3 Å². The zero-order chi connectivity index (χ0) is 15.5. The highest BCUT2D eigenvalue weighted by Crippen LogP contribution is 2.26. The molecule has 0 aliphatic carbocycles. The molecule has 0 saturated carbocycles. The largest absolute Gasteiger partial charge is 0.396 e. The van der Waals surface area contributed by atoms with Gasteiger partial charge in [0.15, 0.2) is 0 Å². The molecule has 0 fully saturated rings. The summed E-state index contributed by atoms with van der Waals surface area (Å²) in [5.41, 5.74) is 0.972. The average Bonchev–Trinajstić information content (AvgIpc) is 3.17. The van der Waals surface area contributed by atoms with Gasteiger partial charge in [0.2, 0.25) is 11.7 Å². The van der Waals surface area contributed by atoms with Crippen molar-refractivity contribution in [1.29, 1.82) is 0 Å². The van der Waals surface area contributed by atoms with Gasteiger partial charge in [-0.3, -0.25) is 4.79 Å². The van der Waals surface area contributed by atoms with E-state index in [0.717, 1.165) is 4.70 Å². The monoisotopic (exact) mass is 335 g/mol. The highest BCUT2D eigenvalue weighted by molar-refractivity contribution is 7.17. The van der Waals surface area contributed by atoms with E-state index in [9.17, 15) is 9.90 Å².